The standard InChI is InChI=1S/C20H17N3O4S/c1-27-17-15(12-5-3-2-4-6-12)11-28-18(17)14-10-22-23-19(14)21-9-13(20(23)26)7-8-16(24)25/h2-6,9-11,22H,7-8H2,1H3,(H,24,25). The van der Waals surface area contributed by atoms with Gasteiger partial charge in [-0.15, -0.1) is 11.3 Å². The highest BCUT2D eigenvalue weighted by Gasteiger charge is 2.20. The Hall–Kier alpha value is -3.39. The zero-order valence-corrected chi connectivity index (χ0v) is 15.8. The van der Waals surface area contributed by atoms with Crippen molar-refractivity contribution in [2.45, 2.75) is 12.8 Å². The highest BCUT2D eigenvalue weighted by atomic mass is 32.1. The van der Waals surface area contributed by atoms with Crippen molar-refractivity contribution in [3.8, 4) is 27.3 Å². The Morgan fingerprint density at radius 1 is 1.29 bits per heavy atom. The van der Waals surface area contributed by atoms with Crippen LogP contribution < -0.4 is 10.3 Å². The Labute approximate surface area is 163 Å². The molecule has 0 saturated carbocycles. The van der Waals surface area contributed by atoms with Gasteiger partial charge in [-0.3, -0.25) is 14.7 Å². The van der Waals surface area contributed by atoms with Gasteiger partial charge in [-0.1, -0.05) is 30.3 Å². The number of aromatic amines is 1. The number of fused-ring (bicyclic) bond motifs is 1. The summed E-state index contributed by atoms with van der Waals surface area (Å²) in [6, 6.07) is 9.93. The SMILES string of the molecule is COc1c(-c2ccccc2)csc1-c1c[nH]n2c(=O)c(CCC(=O)O)cnc12. The molecule has 0 saturated heterocycles. The van der Waals surface area contributed by atoms with E-state index < -0.39 is 5.97 Å². The fourth-order valence-corrected chi connectivity index (χ4v) is 4.18. The molecule has 2 N–H and O–H groups in total. The fourth-order valence-electron chi connectivity index (χ4n) is 3.13. The fraction of sp³-hybridized carbons (Fsp3) is 0.150. The van der Waals surface area contributed by atoms with Gasteiger partial charge in [0.1, 0.15) is 5.75 Å². The Morgan fingerprint density at radius 3 is 2.79 bits per heavy atom. The first kappa shape index (κ1) is 18.0. The summed E-state index contributed by atoms with van der Waals surface area (Å²) in [5.74, 6) is -0.227. The maximum absolute atomic E-state index is 12.6. The van der Waals surface area contributed by atoms with E-state index in [9.17, 15) is 9.59 Å². The molecular weight excluding hydrogens is 378 g/mol. The van der Waals surface area contributed by atoms with E-state index in [4.69, 9.17) is 9.84 Å². The molecule has 3 heterocycles. The van der Waals surface area contributed by atoms with Crippen molar-refractivity contribution in [1.29, 1.82) is 0 Å². The number of nitrogens with zero attached hydrogens (tertiary/aromatic N) is 2. The summed E-state index contributed by atoms with van der Waals surface area (Å²) >= 11 is 1.51. The molecule has 4 rings (SSSR count). The van der Waals surface area contributed by atoms with Crippen molar-refractivity contribution in [1.82, 2.24) is 14.6 Å². The van der Waals surface area contributed by atoms with Gasteiger partial charge in [0.2, 0.25) is 0 Å². The molecule has 28 heavy (non-hydrogen) atoms. The number of methoxy groups -OCH3 is 1. The molecule has 0 unspecified atom stereocenters. The second-order valence-electron chi connectivity index (χ2n) is 6.21. The summed E-state index contributed by atoms with van der Waals surface area (Å²) in [5, 5.41) is 13.8. The lowest BCUT2D eigenvalue weighted by Crippen LogP contribution is -2.20. The second kappa shape index (κ2) is 7.32. The van der Waals surface area contributed by atoms with Crippen molar-refractivity contribution in [2.75, 3.05) is 7.11 Å². The predicted molar refractivity (Wildman–Crippen MR) is 107 cm³/mol. The highest BCUT2D eigenvalue weighted by Crippen LogP contribution is 2.44. The number of benzene rings is 1. The number of carbonyl (C=O) groups is 1. The Bertz CT molecular complexity index is 1210. The third kappa shape index (κ3) is 3.07. The molecule has 0 fully saturated rings. The summed E-state index contributed by atoms with van der Waals surface area (Å²) in [5.41, 5.74) is 3.31. The minimum Gasteiger partial charge on any atom is -0.495 e. The van der Waals surface area contributed by atoms with Crippen molar-refractivity contribution in [3.05, 3.63) is 64.0 Å². The van der Waals surface area contributed by atoms with Crippen LogP contribution in [0.25, 0.3) is 27.2 Å². The van der Waals surface area contributed by atoms with E-state index >= 15 is 0 Å². The Kier molecular flexibility index (Phi) is 4.70. The smallest absolute Gasteiger partial charge is 0.303 e. The number of carboxylic acid groups (broad SMARTS) is 1. The average Bonchev–Trinajstić information content (AvgIpc) is 3.32. The first-order chi connectivity index (χ1) is 13.6. The van der Waals surface area contributed by atoms with Gasteiger partial charge in [-0.25, -0.2) is 9.50 Å². The summed E-state index contributed by atoms with van der Waals surface area (Å²) in [7, 11) is 1.62. The van der Waals surface area contributed by atoms with Gasteiger partial charge in [0.05, 0.1) is 17.6 Å². The number of hydrogen-bond donors (Lipinski definition) is 2. The van der Waals surface area contributed by atoms with Gasteiger partial charge >= 0.3 is 5.97 Å². The van der Waals surface area contributed by atoms with E-state index in [0.717, 1.165) is 27.3 Å². The van der Waals surface area contributed by atoms with Gasteiger partial charge in [-0.05, 0) is 12.0 Å². The molecule has 1 aromatic carbocycles. The molecule has 0 aliphatic carbocycles. The van der Waals surface area contributed by atoms with Crippen LogP contribution >= 0.6 is 11.3 Å². The lowest BCUT2D eigenvalue weighted by Gasteiger charge is -2.06. The van der Waals surface area contributed by atoms with Gasteiger partial charge < -0.3 is 9.84 Å². The number of thiophene rings is 1. The Balaban J connectivity index is 1.80. The van der Waals surface area contributed by atoms with E-state index in [-0.39, 0.29) is 18.4 Å². The molecular formula is C20H17N3O4S. The molecule has 7 nitrogen and oxygen atoms in total. The summed E-state index contributed by atoms with van der Waals surface area (Å²) < 4.78 is 7.02. The van der Waals surface area contributed by atoms with E-state index in [1.54, 1.807) is 13.3 Å². The number of H-pyrrole nitrogens is 1. The maximum atomic E-state index is 12.6. The second-order valence-corrected chi connectivity index (χ2v) is 7.09. The number of hydrogen-bond acceptors (Lipinski definition) is 5. The number of rotatable bonds is 6. The lowest BCUT2D eigenvalue weighted by molar-refractivity contribution is -0.136. The molecule has 142 valence electrons. The van der Waals surface area contributed by atoms with E-state index in [2.05, 4.69) is 10.1 Å². The monoisotopic (exact) mass is 395 g/mol. The lowest BCUT2D eigenvalue weighted by atomic mass is 10.1. The van der Waals surface area contributed by atoms with Crippen molar-refractivity contribution >= 4 is 23.0 Å². The number of aromatic nitrogens is 3. The summed E-state index contributed by atoms with van der Waals surface area (Å²) in [4.78, 5) is 28.7. The summed E-state index contributed by atoms with van der Waals surface area (Å²) in [6.45, 7) is 0. The van der Waals surface area contributed by atoms with Crippen LogP contribution in [-0.4, -0.2) is 32.8 Å². The molecule has 0 radical (unpaired) electrons. The van der Waals surface area contributed by atoms with E-state index in [1.807, 2.05) is 35.7 Å². The van der Waals surface area contributed by atoms with Crippen LogP contribution in [0.1, 0.15) is 12.0 Å². The minimum atomic E-state index is -0.951. The topological polar surface area (TPSA) is 96.7 Å². The maximum Gasteiger partial charge on any atom is 0.303 e. The van der Waals surface area contributed by atoms with Crippen LogP contribution in [0.3, 0.4) is 0 Å². The zero-order chi connectivity index (χ0) is 19.7. The van der Waals surface area contributed by atoms with Gasteiger partial charge in [0.15, 0.2) is 5.65 Å². The minimum absolute atomic E-state index is 0.115. The number of carboxylic acids is 1. The predicted octanol–water partition coefficient (Wildman–Crippen LogP) is 3.44. The van der Waals surface area contributed by atoms with E-state index in [0.29, 0.717) is 11.2 Å². The average molecular weight is 395 g/mol. The largest absolute Gasteiger partial charge is 0.495 e. The first-order valence-electron chi connectivity index (χ1n) is 8.61. The number of ether oxygens (including phenoxy) is 1. The molecule has 0 amide bonds. The molecule has 0 spiro atoms. The van der Waals surface area contributed by atoms with Gasteiger partial charge in [-0.2, -0.15) is 0 Å². The van der Waals surface area contributed by atoms with Crippen molar-refractivity contribution < 1.29 is 14.6 Å². The summed E-state index contributed by atoms with van der Waals surface area (Å²) in [6.07, 6.45) is 3.19. The quantitative estimate of drug-likeness (QED) is 0.521. The van der Waals surface area contributed by atoms with Gasteiger partial charge in [0, 0.05) is 35.3 Å². The van der Waals surface area contributed by atoms with E-state index in [1.165, 1.54) is 22.0 Å². The van der Waals surface area contributed by atoms with Gasteiger partial charge in [0.25, 0.3) is 5.56 Å². The van der Waals surface area contributed by atoms with Crippen LogP contribution in [0, 0.1) is 0 Å². The van der Waals surface area contributed by atoms with Crippen LogP contribution in [0.5, 0.6) is 5.75 Å². The molecule has 0 aliphatic heterocycles. The first-order valence-corrected chi connectivity index (χ1v) is 9.49. The Morgan fingerprint density at radius 2 is 2.07 bits per heavy atom. The number of aryl methyl sites for hydroxylation is 1. The normalized spacial score (nSPS) is 11.0. The molecule has 0 bridgehead atoms. The highest BCUT2D eigenvalue weighted by molar-refractivity contribution is 7.14. The molecule has 8 heteroatoms. The van der Waals surface area contributed by atoms with Crippen LogP contribution in [0.2, 0.25) is 0 Å². The molecule has 0 atom stereocenters. The third-order valence-corrected chi connectivity index (χ3v) is 5.49. The van der Waals surface area contributed by atoms with Crippen LogP contribution in [0.4, 0.5) is 0 Å². The number of nitrogens with one attached hydrogen (secondary N) is 1. The van der Waals surface area contributed by atoms with Crippen LogP contribution in [0.15, 0.2) is 52.9 Å². The van der Waals surface area contributed by atoms with Crippen molar-refractivity contribution in [2.24, 2.45) is 0 Å². The molecule has 3 aromatic heterocycles. The number of aliphatic carboxylic acids is 1. The molecule has 4 aromatic rings. The van der Waals surface area contributed by atoms with Crippen LogP contribution in [-0.2, 0) is 11.2 Å². The zero-order valence-electron chi connectivity index (χ0n) is 15.0. The third-order valence-electron chi connectivity index (χ3n) is 4.50. The van der Waals surface area contributed by atoms with Crippen molar-refractivity contribution in [3.63, 3.8) is 0 Å². The molecule has 0 aliphatic rings.